The summed E-state index contributed by atoms with van der Waals surface area (Å²) in [6, 6.07) is 0. The lowest BCUT2D eigenvalue weighted by Gasteiger charge is -2.30. The lowest BCUT2D eigenvalue weighted by atomic mass is 10.1. The Morgan fingerprint density at radius 1 is 0.581 bits per heavy atom. The van der Waals surface area contributed by atoms with Gasteiger partial charge in [-0.2, -0.15) is 0 Å². The van der Waals surface area contributed by atoms with Gasteiger partial charge in [-0.25, -0.2) is 0 Å². The average molecular weight is 461 g/mol. The second kappa shape index (κ2) is 24.4. The van der Waals surface area contributed by atoms with E-state index in [1.165, 1.54) is 109 Å². The van der Waals surface area contributed by atoms with Gasteiger partial charge in [0, 0.05) is 19.4 Å². The molecule has 0 saturated heterocycles. The highest BCUT2D eigenvalue weighted by Crippen LogP contribution is 2.13. The summed E-state index contributed by atoms with van der Waals surface area (Å²) in [7, 11) is 4.68. The first-order valence-electron chi connectivity index (χ1n) is 13.6. The van der Waals surface area contributed by atoms with Gasteiger partial charge in [-0.1, -0.05) is 104 Å². The van der Waals surface area contributed by atoms with E-state index in [0.29, 0.717) is 6.42 Å². The summed E-state index contributed by atoms with van der Waals surface area (Å²) >= 11 is 0. The molecule has 0 aromatic rings. The molecule has 0 radical (unpaired) electrons. The number of hydrogen-bond donors (Lipinski definition) is 1. The Morgan fingerprint density at radius 2 is 0.968 bits per heavy atom. The van der Waals surface area contributed by atoms with Crippen LogP contribution in [0, 0.1) is 0 Å². The normalized spacial score (nSPS) is 11.4. The second-order valence-corrected chi connectivity index (χ2v) is 10.1. The molecule has 1 amide bonds. The molecule has 0 aromatic carbocycles. The fourth-order valence-corrected chi connectivity index (χ4v) is 4.21. The predicted molar refractivity (Wildman–Crippen MR) is 134 cm³/mol. The van der Waals surface area contributed by atoms with Crippen molar-refractivity contribution in [3.05, 3.63) is 0 Å². The number of amides is 1. The van der Waals surface area contributed by atoms with Crippen LogP contribution in [-0.2, 0) is 4.79 Å². The van der Waals surface area contributed by atoms with Crippen LogP contribution in [0.1, 0.15) is 136 Å². The van der Waals surface area contributed by atoms with E-state index in [1.54, 1.807) is 0 Å². The number of rotatable bonds is 23. The molecular weight excluding hydrogens is 404 g/mol. The standard InChI is InChI=1S/C27H56N2O.ClH/c1-5-7-9-11-12-13-14-15-16-17-19-21-25-29(3,4)26-22-24-28-27(30)23-20-18-10-8-6-2;/h5-26H2,1-4H3;1H. The Kier molecular flexibility index (Phi) is 25.9. The third-order valence-electron chi connectivity index (χ3n) is 6.39. The van der Waals surface area contributed by atoms with E-state index in [2.05, 4.69) is 33.3 Å². The number of carbonyl (C=O) groups excluding carboxylic acids is 1. The van der Waals surface area contributed by atoms with Crippen LogP contribution in [0.3, 0.4) is 0 Å². The minimum Gasteiger partial charge on any atom is -1.00 e. The summed E-state index contributed by atoms with van der Waals surface area (Å²) in [5, 5.41) is 3.11. The minimum atomic E-state index is 0. The third-order valence-corrected chi connectivity index (χ3v) is 6.39. The molecule has 1 N–H and O–H groups in total. The highest BCUT2D eigenvalue weighted by molar-refractivity contribution is 5.75. The molecule has 0 fully saturated rings. The van der Waals surface area contributed by atoms with Crippen LogP contribution in [0.2, 0.25) is 0 Å². The number of nitrogens with one attached hydrogen (secondary N) is 1. The molecule has 31 heavy (non-hydrogen) atoms. The Morgan fingerprint density at radius 3 is 1.45 bits per heavy atom. The second-order valence-electron chi connectivity index (χ2n) is 10.1. The lowest BCUT2D eigenvalue weighted by Crippen LogP contribution is -3.00. The van der Waals surface area contributed by atoms with Gasteiger partial charge in [-0.3, -0.25) is 4.79 Å². The van der Waals surface area contributed by atoms with Crippen molar-refractivity contribution in [1.29, 1.82) is 0 Å². The van der Waals surface area contributed by atoms with Crippen molar-refractivity contribution in [3.63, 3.8) is 0 Å². The number of hydrogen-bond acceptors (Lipinski definition) is 1. The van der Waals surface area contributed by atoms with Crippen molar-refractivity contribution in [2.45, 2.75) is 136 Å². The van der Waals surface area contributed by atoms with E-state index in [4.69, 9.17) is 0 Å². The zero-order chi connectivity index (χ0) is 22.3. The fourth-order valence-electron chi connectivity index (χ4n) is 4.21. The maximum absolute atomic E-state index is 11.9. The molecule has 0 atom stereocenters. The van der Waals surface area contributed by atoms with Gasteiger partial charge in [-0.15, -0.1) is 0 Å². The van der Waals surface area contributed by atoms with Gasteiger partial charge in [-0.05, 0) is 19.3 Å². The van der Waals surface area contributed by atoms with E-state index in [-0.39, 0.29) is 18.3 Å². The van der Waals surface area contributed by atoms with Crippen molar-refractivity contribution in [3.8, 4) is 0 Å². The van der Waals surface area contributed by atoms with Gasteiger partial charge in [0.1, 0.15) is 0 Å². The van der Waals surface area contributed by atoms with Gasteiger partial charge in [0.25, 0.3) is 0 Å². The Hall–Kier alpha value is -0.280. The van der Waals surface area contributed by atoms with E-state index in [1.807, 2.05) is 0 Å². The fraction of sp³-hybridized carbons (Fsp3) is 0.963. The summed E-state index contributed by atoms with van der Waals surface area (Å²) < 4.78 is 1.09. The van der Waals surface area contributed by atoms with Gasteiger partial charge in [0.15, 0.2) is 0 Å². The molecule has 0 aromatic heterocycles. The van der Waals surface area contributed by atoms with Crippen LogP contribution in [0.5, 0.6) is 0 Å². The Balaban J connectivity index is 0. The van der Waals surface area contributed by atoms with Crippen molar-refractivity contribution >= 4 is 5.91 Å². The largest absolute Gasteiger partial charge is 1.00 e. The molecule has 0 aliphatic rings. The van der Waals surface area contributed by atoms with Gasteiger partial charge in [0.05, 0.1) is 27.2 Å². The smallest absolute Gasteiger partial charge is 0.219 e. The molecule has 0 heterocycles. The first-order chi connectivity index (χ1) is 14.5. The van der Waals surface area contributed by atoms with Gasteiger partial charge in [0.2, 0.25) is 5.91 Å². The molecule has 0 spiro atoms. The van der Waals surface area contributed by atoms with E-state index >= 15 is 0 Å². The first kappa shape index (κ1) is 32.9. The molecule has 0 saturated carbocycles. The summed E-state index contributed by atoms with van der Waals surface area (Å²) in [4.78, 5) is 11.9. The monoisotopic (exact) mass is 460 g/mol. The highest BCUT2D eigenvalue weighted by Gasteiger charge is 2.14. The number of halogens is 1. The van der Waals surface area contributed by atoms with E-state index < -0.39 is 0 Å². The highest BCUT2D eigenvalue weighted by atomic mass is 35.5. The number of quaternary nitrogens is 1. The Labute approximate surface area is 202 Å². The topological polar surface area (TPSA) is 29.1 Å². The molecule has 0 bridgehead atoms. The van der Waals surface area contributed by atoms with Crippen LogP contribution in [0.25, 0.3) is 0 Å². The maximum Gasteiger partial charge on any atom is 0.219 e. The van der Waals surface area contributed by atoms with Crippen molar-refractivity contribution < 1.29 is 21.7 Å². The Bertz CT molecular complexity index is 374. The lowest BCUT2D eigenvalue weighted by molar-refractivity contribution is -0.890. The van der Waals surface area contributed by atoms with E-state index in [0.717, 1.165) is 30.4 Å². The molecule has 0 rings (SSSR count). The minimum absolute atomic E-state index is 0. The molecule has 0 aliphatic heterocycles. The summed E-state index contributed by atoms with van der Waals surface area (Å²) in [5.41, 5.74) is 0. The molecular formula is C27H57ClN2O. The maximum atomic E-state index is 11.9. The van der Waals surface area contributed by atoms with Gasteiger partial charge >= 0.3 is 0 Å². The number of carbonyl (C=O) groups is 1. The predicted octanol–water partition coefficient (Wildman–Crippen LogP) is 4.63. The van der Waals surface area contributed by atoms with Crippen molar-refractivity contribution in [2.24, 2.45) is 0 Å². The molecule has 3 nitrogen and oxygen atoms in total. The van der Waals surface area contributed by atoms with Crippen molar-refractivity contribution in [2.75, 3.05) is 33.7 Å². The van der Waals surface area contributed by atoms with Crippen LogP contribution in [0.4, 0.5) is 0 Å². The number of unbranched alkanes of at least 4 members (excludes halogenated alkanes) is 15. The molecule has 0 aliphatic carbocycles. The summed E-state index contributed by atoms with van der Waals surface area (Å²) in [6.45, 7) is 7.79. The molecule has 188 valence electrons. The molecule has 0 unspecified atom stereocenters. The van der Waals surface area contributed by atoms with E-state index in [9.17, 15) is 4.79 Å². The SMILES string of the molecule is CCCCCCCCCCCCCC[N+](C)(C)CCCNC(=O)CCCCCCC.[Cl-]. The zero-order valence-electron chi connectivity index (χ0n) is 21.8. The average Bonchev–Trinajstić information content (AvgIpc) is 2.72. The van der Waals surface area contributed by atoms with Gasteiger partial charge < -0.3 is 22.2 Å². The van der Waals surface area contributed by atoms with Crippen LogP contribution >= 0.6 is 0 Å². The summed E-state index contributed by atoms with van der Waals surface area (Å²) in [5.74, 6) is 0.248. The molecule has 4 heteroatoms. The third kappa shape index (κ3) is 25.9. The quantitative estimate of drug-likeness (QED) is 0.175. The zero-order valence-corrected chi connectivity index (χ0v) is 22.5. The first-order valence-corrected chi connectivity index (χ1v) is 13.6. The number of nitrogens with zero attached hydrogens (tertiary/aromatic N) is 1. The van der Waals surface area contributed by atoms with Crippen molar-refractivity contribution in [1.82, 2.24) is 5.32 Å². The summed E-state index contributed by atoms with van der Waals surface area (Å²) in [6.07, 6.45) is 24.9. The van der Waals surface area contributed by atoms with Crippen LogP contribution < -0.4 is 17.7 Å². The van der Waals surface area contributed by atoms with Crippen LogP contribution in [0.15, 0.2) is 0 Å². The van der Waals surface area contributed by atoms with Crippen LogP contribution in [-0.4, -0.2) is 44.1 Å².